The summed E-state index contributed by atoms with van der Waals surface area (Å²) >= 11 is 0. The van der Waals surface area contributed by atoms with E-state index in [4.69, 9.17) is 0 Å². The molecule has 0 radical (unpaired) electrons. The Morgan fingerprint density at radius 2 is 1.90 bits per heavy atom. The normalized spacial score (nSPS) is 18.9. The van der Waals surface area contributed by atoms with Gasteiger partial charge in [-0.15, -0.1) is 0 Å². The Labute approximate surface area is 118 Å². The van der Waals surface area contributed by atoms with Crippen LogP contribution in [-0.4, -0.2) is 50.1 Å². The highest BCUT2D eigenvalue weighted by molar-refractivity contribution is 7.88. The van der Waals surface area contributed by atoms with Gasteiger partial charge in [0.05, 0.1) is 6.26 Å². The predicted octanol–water partition coefficient (Wildman–Crippen LogP) is 1.43. The maximum Gasteiger partial charge on any atom is 0.211 e. The summed E-state index contributed by atoms with van der Waals surface area (Å²) in [5.41, 5.74) is 0.304. The molecule has 2 rings (SSSR count). The minimum atomic E-state index is -3.19. The maximum atomic E-state index is 13.6. The average molecular weight is 304 g/mol. The minimum absolute atomic E-state index is 0.293. The molecule has 1 saturated heterocycles. The summed E-state index contributed by atoms with van der Waals surface area (Å²) in [6.07, 6.45) is 1.87. The SMILES string of the molecule is CS(=O)(=O)N1CCCN(Cc2cccc(F)c2F)CC1. The highest BCUT2D eigenvalue weighted by Gasteiger charge is 2.22. The first-order valence-electron chi connectivity index (χ1n) is 6.48. The summed E-state index contributed by atoms with van der Waals surface area (Å²) in [6, 6.07) is 4.12. The topological polar surface area (TPSA) is 40.6 Å². The van der Waals surface area contributed by atoms with Crippen molar-refractivity contribution >= 4 is 10.0 Å². The predicted molar refractivity (Wildman–Crippen MR) is 72.7 cm³/mol. The maximum absolute atomic E-state index is 13.6. The van der Waals surface area contributed by atoms with Crippen molar-refractivity contribution < 1.29 is 17.2 Å². The molecule has 0 unspecified atom stereocenters. The summed E-state index contributed by atoms with van der Waals surface area (Å²) in [4.78, 5) is 1.95. The second-order valence-corrected chi connectivity index (χ2v) is 6.99. The van der Waals surface area contributed by atoms with Crippen molar-refractivity contribution in [3.05, 3.63) is 35.4 Å². The molecule has 0 spiro atoms. The highest BCUT2D eigenvalue weighted by Crippen LogP contribution is 2.15. The molecule has 1 aliphatic rings. The van der Waals surface area contributed by atoms with Crippen molar-refractivity contribution in [1.82, 2.24) is 9.21 Å². The van der Waals surface area contributed by atoms with Crippen LogP contribution in [0.5, 0.6) is 0 Å². The number of rotatable bonds is 3. The number of nitrogens with zero attached hydrogens (tertiary/aromatic N) is 2. The van der Waals surface area contributed by atoms with Gasteiger partial charge in [-0.3, -0.25) is 4.90 Å². The Morgan fingerprint density at radius 1 is 1.15 bits per heavy atom. The lowest BCUT2D eigenvalue weighted by atomic mass is 10.2. The Bertz CT molecular complexity index is 578. The zero-order chi connectivity index (χ0) is 14.8. The standard InChI is InChI=1S/C13H18F2N2O2S/c1-20(18,19)17-7-3-6-16(8-9-17)10-11-4-2-5-12(14)13(11)15/h2,4-5H,3,6-10H2,1H3. The monoisotopic (exact) mass is 304 g/mol. The van der Waals surface area contributed by atoms with Crippen LogP contribution >= 0.6 is 0 Å². The quantitative estimate of drug-likeness (QED) is 0.848. The third-order valence-electron chi connectivity index (χ3n) is 3.44. The van der Waals surface area contributed by atoms with E-state index < -0.39 is 21.7 Å². The van der Waals surface area contributed by atoms with Crippen molar-refractivity contribution in [2.24, 2.45) is 0 Å². The van der Waals surface area contributed by atoms with Crippen molar-refractivity contribution in [3.63, 3.8) is 0 Å². The average Bonchev–Trinajstić information content (AvgIpc) is 2.60. The fourth-order valence-corrected chi connectivity index (χ4v) is 3.22. The first kappa shape index (κ1) is 15.3. The van der Waals surface area contributed by atoms with E-state index in [-0.39, 0.29) is 0 Å². The number of hydrogen-bond acceptors (Lipinski definition) is 3. The molecule has 1 aromatic carbocycles. The van der Waals surface area contributed by atoms with Crippen molar-refractivity contribution in [2.75, 3.05) is 32.4 Å². The first-order valence-corrected chi connectivity index (χ1v) is 8.33. The van der Waals surface area contributed by atoms with Crippen LogP contribution < -0.4 is 0 Å². The van der Waals surface area contributed by atoms with E-state index in [1.807, 2.05) is 4.90 Å². The molecule has 20 heavy (non-hydrogen) atoms. The smallest absolute Gasteiger partial charge is 0.211 e. The number of sulfonamides is 1. The second-order valence-electron chi connectivity index (χ2n) is 5.00. The lowest BCUT2D eigenvalue weighted by Crippen LogP contribution is -2.34. The summed E-state index contributed by atoms with van der Waals surface area (Å²) in [5, 5.41) is 0. The van der Waals surface area contributed by atoms with Crippen LogP contribution in [0, 0.1) is 11.6 Å². The molecule has 1 aliphatic heterocycles. The Balaban J connectivity index is 2.03. The van der Waals surface area contributed by atoms with Gasteiger partial charge in [0.25, 0.3) is 0 Å². The van der Waals surface area contributed by atoms with E-state index in [2.05, 4.69) is 0 Å². The molecule has 0 aliphatic carbocycles. The van der Waals surface area contributed by atoms with E-state index in [0.717, 1.165) is 6.07 Å². The Morgan fingerprint density at radius 3 is 2.60 bits per heavy atom. The summed E-state index contributed by atoms with van der Waals surface area (Å²) < 4.78 is 51.2. The van der Waals surface area contributed by atoms with Gasteiger partial charge in [-0.05, 0) is 19.0 Å². The van der Waals surface area contributed by atoms with Crippen LogP contribution in [0.1, 0.15) is 12.0 Å². The lowest BCUT2D eigenvalue weighted by molar-refractivity contribution is 0.273. The molecule has 0 N–H and O–H groups in total. The summed E-state index contributed by atoms with van der Waals surface area (Å²) in [6.45, 7) is 2.34. The lowest BCUT2D eigenvalue weighted by Gasteiger charge is -2.21. The zero-order valence-corrected chi connectivity index (χ0v) is 12.2. The van der Waals surface area contributed by atoms with Gasteiger partial charge >= 0.3 is 0 Å². The van der Waals surface area contributed by atoms with E-state index >= 15 is 0 Å². The van der Waals surface area contributed by atoms with Gasteiger partial charge in [-0.2, -0.15) is 0 Å². The molecule has 4 nitrogen and oxygen atoms in total. The summed E-state index contributed by atoms with van der Waals surface area (Å²) in [7, 11) is -3.19. The fraction of sp³-hybridized carbons (Fsp3) is 0.538. The molecule has 0 saturated carbocycles. The minimum Gasteiger partial charge on any atom is -0.298 e. The number of benzene rings is 1. The molecule has 1 heterocycles. The van der Waals surface area contributed by atoms with Crippen LogP contribution in [-0.2, 0) is 16.6 Å². The molecule has 0 amide bonds. The van der Waals surface area contributed by atoms with Gasteiger partial charge in [0, 0.05) is 31.7 Å². The Kier molecular flexibility index (Phi) is 4.72. The molecule has 1 fully saturated rings. The molecular weight excluding hydrogens is 286 g/mol. The van der Waals surface area contributed by atoms with Gasteiger partial charge in [0.15, 0.2) is 11.6 Å². The molecule has 7 heteroatoms. The first-order chi connectivity index (χ1) is 9.38. The van der Waals surface area contributed by atoms with Gasteiger partial charge in [0.1, 0.15) is 0 Å². The highest BCUT2D eigenvalue weighted by atomic mass is 32.2. The third-order valence-corrected chi connectivity index (χ3v) is 4.75. The largest absolute Gasteiger partial charge is 0.298 e. The number of hydrogen-bond donors (Lipinski definition) is 0. The zero-order valence-electron chi connectivity index (χ0n) is 11.3. The molecular formula is C13H18F2N2O2S. The molecule has 0 bridgehead atoms. The van der Waals surface area contributed by atoms with Crippen LogP contribution in [0.3, 0.4) is 0 Å². The van der Waals surface area contributed by atoms with Crippen LogP contribution in [0.15, 0.2) is 18.2 Å². The summed E-state index contributed by atoms with van der Waals surface area (Å²) in [5.74, 6) is -1.67. The molecule has 0 aromatic heterocycles. The third kappa shape index (κ3) is 3.74. The van der Waals surface area contributed by atoms with E-state index in [0.29, 0.717) is 44.7 Å². The fourth-order valence-electron chi connectivity index (χ4n) is 2.35. The van der Waals surface area contributed by atoms with Crippen molar-refractivity contribution in [2.45, 2.75) is 13.0 Å². The van der Waals surface area contributed by atoms with Crippen molar-refractivity contribution in [1.29, 1.82) is 0 Å². The van der Waals surface area contributed by atoms with E-state index in [9.17, 15) is 17.2 Å². The van der Waals surface area contributed by atoms with E-state index in [1.54, 1.807) is 6.07 Å². The van der Waals surface area contributed by atoms with Crippen LogP contribution in [0.25, 0.3) is 0 Å². The second kappa shape index (κ2) is 6.15. The van der Waals surface area contributed by atoms with Crippen LogP contribution in [0.4, 0.5) is 8.78 Å². The molecule has 112 valence electrons. The van der Waals surface area contributed by atoms with Gasteiger partial charge < -0.3 is 0 Å². The number of halogens is 2. The Hall–Kier alpha value is -1.05. The van der Waals surface area contributed by atoms with Gasteiger partial charge in [-0.1, -0.05) is 12.1 Å². The van der Waals surface area contributed by atoms with Crippen LogP contribution in [0.2, 0.25) is 0 Å². The molecule has 0 atom stereocenters. The van der Waals surface area contributed by atoms with Crippen molar-refractivity contribution in [3.8, 4) is 0 Å². The molecule has 1 aromatic rings. The van der Waals surface area contributed by atoms with E-state index in [1.165, 1.54) is 16.6 Å². The van der Waals surface area contributed by atoms with Gasteiger partial charge in [0.2, 0.25) is 10.0 Å². The van der Waals surface area contributed by atoms with Gasteiger partial charge in [-0.25, -0.2) is 21.5 Å².